The molecule has 88 valence electrons. The van der Waals surface area contributed by atoms with Crippen LogP contribution in [-0.4, -0.2) is 24.5 Å². The summed E-state index contributed by atoms with van der Waals surface area (Å²) in [5.41, 5.74) is 1.48. The van der Waals surface area contributed by atoms with Crippen LogP contribution in [0, 0.1) is 5.92 Å². The van der Waals surface area contributed by atoms with Crippen LogP contribution in [0.2, 0.25) is 0 Å². The van der Waals surface area contributed by atoms with Gasteiger partial charge in [-0.05, 0) is 50.3 Å². The maximum atomic E-state index is 2.62. The van der Waals surface area contributed by atoms with Gasteiger partial charge in [-0.15, -0.1) is 0 Å². The Morgan fingerprint density at radius 2 is 2.00 bits per heavy atom. The fourth-order valence-electron chi connectivity index (χ4n) is 2.54. The molecule has 0 amide bonds. The maximum absolute atomic E-state index is 2.62. The monoisotopic (exact) mass is 217 g/mol. The van der Waals surface area contributed by atoms with Crippen molar-refractivity contribution in [2.45, 2.75) is 32.6 Å². The van der Waals surface area contributed by atoms with Crippen LogP contribution in [0.1, 0.15) is 31.7 Å². The van der Waals surface area contributed by atoms with Gasteiger partial charge in [-0.25, -0.2) is 0 Å². The molecule has 0 radical (unpaired) electrons. The number of nitrogens with zero attached hydrogens (tertiary/aromatic N) is 1. The fraction of sp³-hybridized carbons (Fsp3) is 0.600. The molecule has 1 unspecified atom stereocenters. The summed E-state index contributed by atoms with van der Waals surface area (Å²) in [6.45, 7) is 6.32. The van der Waals surface area contributed by atoms with Gasteiger partial charge in [-0.2, -0.15) is 0 Å². The second kappa shape index (κ2) is 6.05. The third-order valence-corrected chi connectivity index (χ3v) is 3.54. The zero-order chi connectivity index (χ0) is 11.2. The van der Waals surface area contributed by atoms with Gasteiger partial charge in [0, 0.05) is 6.54 Å². The van der Waals surface area contributed by atoms with E-state index in [0.29, 0.717) is 0 Å². The molecule has 16 heavy (non-hydrogen) atoms. The molecule has 1 atom stereocenters. The molecule has 1 aliphatic heterocycles. The Morgan fingerprint density at radius 1 is 1.19 bits per heavy atom. The van der Waals surface area contributed by atoms with Crippen LogP contribution in [0.3, 0.4) is 0 Å². The average molecular weight is 217 g/mol. The molecule has 0 bridgehead atoms. The zero-order valence-corrected chi connectivity index (χ0v) is 10.4. The molecule has 1 heteroatoms. The molecule has 2 rings (SSSR count). The molecular formula is C15H23N. The number of aryl methyl sites for hydroxylation is 1. The Morgan fingerprint density at radius 3 is 2.69 bits per heavy atom. The Hall–Kier alpha value is -0.820. The van der Waals surface area contributed by atoms with Crippen LogP contribution in [0.25, 0.3) is 0 Å². The van der Waals surface area contributed by atoms with Crippen LogP contribution in [0.15, 0.2) is 30.3 Å². The third-order valence-electron chi connectivity index (χ3n) is 3.54. The number of unbranched alkanes of at least 4 members (excludes halogenated alkanes) is 1. The van der Waals surface area contributed by atoms with Gasteiger partial charge >= 0.3 is 0 Å². The van der Waals surface area contributed by atoms with E-state index in [-0.39, 0.29) is 0 Å². The smallest absolute Gasteiger partial charge is 0.000750 e. The highest BCUT2D eigenvalue weighted by molar-refractivity contribution is 5.14. The normalized spacial score (nSPS) is 21.4. The molecule has 1 saturated heterocycles. The van der Waals surface area contributed by atoms with Gasteiger partial charge < -0.3 is 4.90 Å². The van der Waals surface area contributed by atoms with Gasteiger partial charge in [-0.3, -0.25) is 0 Å². The van der Waals surface area contributed by atoms with E-state index >= 15 is 0 Å². The highest BCUT2D eigenvalue weighted by Crippen LogP contribution is 2.15. The van der Waals surface area contributed by atoms with Crippen molar-refractivity contribution in [3.05, 3.63) is 35.9 Å². The highest BCUT2D eigenvalue weighted by atomic mass is 15.1. The summed E-state index contributed by atoms with van der Waals surface area (Å²) in [6, 6.07) is 10.8. The van der Waals surface area contributed by atoms with E-state index < -0.39 is 0 Å². The van der Waals surface area contributed by atoms with Gasteiger partial charge in [-0.1, -0.05) is 37.3 Å². The first-order valence-corrected chi connectivity index (χ1v) is 6.61. The van der Waals surface area contributed by atoms with Crippen LogP contribution < -0.4 is 0 Å². The Bertz CT molecular complexity index is 294. The van der Waals surface area contributed by atoms with Crippen molar-refractivity contribution in [3.63, 3.8) is 0 Å². The summed E-state index contributed by atoms with van der Waals surface area (Å²) in [4.78, 5) is 2.62. The van der Waals surface area contributed by atoms with Crippen molar-refractivity contribution in [2.24, 2.45) is 5.92 Å². The Labute approximate surface area is 99.5 Å². The second-order valence-corrected chi connectivity index (χ2v) is 5.14. The molecule has 1 nitrogen and oxygen atoms in total. The minimum absolute atomic E-state index is 0.925. The highest BCUT2D eigenvalue weighted by Gasteiger charge is 2.17. The Kier molecular flexibility index (Phi) is 4.41. The molecule has 1 heterocycles. The summed E-state index contributed by atoms with van der Waals surface area (Å²) in [6.07, 6.45) is 5.32. The summed E-state index contributed by atoms with van der Waals surface area (Å²) in [7, 11) is 0. The van der Waals surface area contributed by atoms with Gasteiger partial charge in [0.15, 0.2) is 0 Å². The molecule has 0 N–H and O–H groups in total. The summed E-state index contributed by atoms with van der Waals surface area (Å²) < 4.78 is 0. The second-order valence-electron chi connectivity index (χ2n) is 5.14. The quantitative estimate of drug-likeness (QED) is 0.684. The van der Waals surface area contributed by atoms with E-state index in [0.717, 1.165) is 5.92 Å². The number of rotatable bonds is 5. The average Bonchev–Trinajstić information content (AvgIpc) is 2.72. The molecule has 0 aliphatic carbocycles. The lowest BCUT2D eigenvalue weighted by molar-refractivity contribution is 0.320. The third kappa shape index (κ3) is 3.64. The number of hydrogen-bond acceptors (Lipinski definition) is 1. The van der Waals surface area contributed by atoms with E-state index in [4.69, 9.17) is 0 Å². The predicted molar refractivity (Wildman–Crippen MR) is 69.6 cm³/mol. The largest absolute Gasteiger partial charge is 0.303 e. The SMILES string of the molecule is CC1CCN(CCCCc2ccccc2)C1. The zero-order valence-electron chi connectivity index (χ0n) is 10.4. The van der Waals surface area contributed by atoms with Crippen molar-refractivity contribution >= 4 is 0 Å². The lowest BCUT2D eigenvalue weighted by atomic mass is 10.1. The van der Waals surface area contributed by atoms with E-state index in [2.05, 4.69) is 42.2 Å². The Balaban J connectivity index is 1.59. The standard InChI is InChI=1S/C15H23N/c1-14-10-12-16(13-14)11-6-5-9-15-7-3-2-4-8-15/h2-4,7-8,14H,5-6,9-13H2,1H3. The van der Waals surface area contributed by atoms with Crippen LogP contribution in [0.5, 0.6) is 0 Å². The van der Waals surface area contributed by atoms with E-state index in [9.17, 15) is 0 Å². The van der Waals surface area contributed by atoms with E-state index in [1.54, 1.807) is 0 Å². The van der Waals surface area contributed by atoms with Crippen molar-refractivity contribution in [1.82, 2.24) is 4.90 Å². The molecule has 1 aliphatic rings. The van der Waals surface area contributed by atoms with Crippen LogP contribution in [0.4, 0.5) is 0 Å². The molecule has 0 spiro atoms. The first-order chi connectivity index (χ1) is 7.84. The van der Waals surface area contributed by atoms with Crippen molar-refractivity contribution < 1.29 is 0 Å². The molecule has 0 aromatic heterocycles. The summed E-state index contributed by atoms with van der Waals surface area (Å²) in [5, 5.41) is 0. The van der Waals surface area contributed by atoms with Crippen LogP contribution in [-0.2, 0) is 6.42 Å². The lowest BCUT2D eigenvalue weighted by Crippen LogP contribution is -2.21. The topological polar surface area (TPSA) is 3.24 Å². The lowest BCUT2D eigenvalue weighted by Gasteiger charge is -2.14. The van der Waals surface area contributed by atoms with Gasteiger partial charge in [0.1, 0.15) is 0 Å². The molecule has 1 fully saturated rings. The van der Waals surface area contributed by atoms with E-state index in [1.165, 1.54) is 50.9 Å². The van der Waals surface area contributed by atoms with Crippen molar-refractivity contribution in [1.29, 1.82) is 0 Å². The first kappa shape index (κ1) is 11.7. The maximum Gasteiger partial charge on any atom is 0.000750 e. The van der Waals surface area contributed by atoms with Crippen LogP contribution >= 0.6 is 0 Å². The molecule has 0 saturated carbocycles. The number of likely N-dealkylation sites (tertiary alicyclic amines) is 1. The minimum Gasteiger partial charge on any atom is -0.303 e. The first-order valence-electron chi connectivity index (χ1n) is 6.61. The molecule has 1 aromatic rings. The van der Waals surface area contributed by atoms with Gasteiger partial charge in [0.05, 0.1) is 0 Å². The van der Waals surface area contributed by atoms with Crippen molar-refractivity contribution in [2.75, 3.05) is 19.6 Å². The predicted octanol–water partition coefficient (Wildman–Crippen LogP) is 3.35. The fourth-order valence-corrected chi connectivity index (χ4v) is 2.54. The van der Waals surface area contributed by atoms with Gasteiger partial charge in [0.25, 0.3) is 0 Å². The number of hydrogen-bond donors (Lipinski definition) is 0. The minimum atomic E-state index is 0.925. The number of benzene rings is 1. The summed E-state index contributed by atoms with van der Waals surface area (Å²) in [5.74, 6) is 0.925. The molecule has 1 aromatic carbocycles. The van der Waals surface area contributed by atoms with E-state index in [1.807, 2.05) is 0 Å². The summed E-state index contributed by atoms with van der Waals surface area (Å²) >= 11 is 0. The van der Waals surface area contributed by atoms with Crippen molar-refractivity contribution in [3.8, 4) is 0 Å². The molecular weight excluding hydrogens is 194 g/mol. The van der Waals surface area contributed by atoms with Gasteiger partial charge in [0.2, 0.25) is 0 Å².